The summed E-state index contributed by atoms with van der Waals surface area (Å²) in [6.45, 7) is 0.596. The van der Waals surface area contributed by atoms with Crippen LogP contribution in [0.2, 0.25) is 0 Å². The zero-order valence-electron chi connectivity index (χ0n) is 18.7. The van der Waals surface area contributed by atoms with Gasteiger partial charge in [0.25, 0.3) is 15.9 Å². The van der Waals surface area contributed by atoms with Crippen molar-refractivity contribution < 1.29 is 32.7 Å². The van der Waals surface area contributed by atoms with Gasteiger partial charge in [0.05, 0.1) is 10.5 Å². The molecule has 2 N–H and O–H groups in total. The molecule has 0 aliphatic carbocycles. The van der Waals surface area contributed by atoms with Gasteiger partial charge in [0.1, 0.15) is 0 Å². The first kappa shape index (κ1) is 24.4. The minimum Gasteiger partial charge on any atom is -0.478 e. The lowest BCUT2D eigenvalue weighted by Gasteiger charge is -2.21. The number of hydrogen-bond acceptors (Lipinski definition) is 6. The molecule has 1 aliphatic heterocycles. The summed E-state index contributed by atoms with van der Waals surface area (Å²) in [6.07, 6.45) is 7.71. The highest BCUT2D eigenvalue weighted by Crippen LogP contribution is 2.25. The zero-order valence-corrected chi connectivity index (χ0v) is 19.5. The van der Waals surface area contributed by atoms with Crippen molar-refractivity contribution in [3.8, 4) is 11.1 Å². The molecular weight excluding hydrogens is 472 g/mol. The van der Waals surface area contributed by atoms with Gasteiger partial charge in [-0.2, -0.15) is 0 Å². The van der Waals surface area contributed by atoms with Crippen molar-refractivity contribution in [1.82, 2.24) is 9.45 Å². The average molecular weight is 497 g/mol. The lowest BCUT2D eigenvalue weighted by molar-refractivity contribution is -0.198. The number of aromatic nitrogens is 1. The predicted octanol–water partition coefficient (Wildman–Crippen LogP) is 3.68. The number of carbonyl (C=O) groups excluding carboxylic acids is 1. The van der Waals surface area contributed by atoms with Gasteiger partial charge in [-0.3, -0.25) is 4.79 Å². The first-order valence-corrected chi connectivity index (χ1v) is 12.4. The van der Waals surface area contributed by atoms with E-state index in [-0.39, 0.29) is 10.5 Å². The second-order valence-electron chi connectivity index (χ2n) is 7.90. The van der Waals surface area contributed by atoms with Crippen LogP contribution in [0.5, 0.6) is 0 Å². The maximum absolute atomic E-state index is 13.1. The lowest BCUT2D eigenvalue weighted by Crippen LogP contribution is -2.32. The van der Waals surface area contributed by atoms with E-state index in [1.165, 1.54) is 48.8 Å². The Hall–Kier alpha value is -3.73. The van der Waals surface area contributed by atoms with Crippen molar-refractivity contribution in [3.63, 3.8) is 0 Å². The van der Waals surface area contributed by atoms with Crippen molar-refractivity contribution in [1.29, 1.82) is 0 Å². The molecule has 2 heterocycles. The van der Waals surface area contributed by atoms with Gasteiger partial charge in [0.2, 0.25) is 0 Å². The van der Waals surface area contributed by atoms with E-state index in [1.54, 1.807) is 30.3 Å². The fourth-order valence-corrected chi connectivity index (χ4v) is 4.79. The minimum atomic E-state index is -3.89. The first-order chi connectivity index (χ1) is 16.8. The molecule has 1 fully saturated rings. The topological polar surface area (TPSA) is 124 Å². The molecule has 182 valence electrons. The quantitative estimate of drug-likeness (QED) is 0.360. The number of benzene rings is 2. The molecule has 0 spiro atoms. The minimum absolute atomic E-state index is 0.0714. The van der Waals surface area contributed by atoms with E-state index in [2.05, 4.69) is 5.48 Å². The van der Waals surface area contributed by atoms with Gasteiger partial charge in [-0.1, -0.05) is 24.3 Å². The molecule has 2 aromatic carbocycles. The summed E-state index contributed by atoms with van der Waals surface area (Å²) in [5, 5.41) is 9.05. The summed E-state index contributed by atoms with van der Waals surface area (Å²) < 4.78 is 32.7. The van der Waals surface area contributed by atoms with Gasteiger partial charge in [0.15, 0.2) is 6.29 Å². The van der Waals surface area contributed by atoms with Crippen LogP contribution in [0.1, 0.15) is 35.2 Å². The Balaban J connectivity index is 1.44. The van der Waals surface area contributed by atoms with Crippen LogP contribution in [0, 0.1) is 0 Å². The number of ether oxygens (including phenoxy) is 1. The van der Waals surface area contributed by atoms with Gasteiger partial charge in [-0.15, -0.1) is 0 Å². The molecule has 1 atom stereocenters. The fourth-order valence-electron chi connectivity index (χ4n) is 3.54. The van der Waals surface area contributed by atoms with Crippen molar-refractivity contribution >= 4 is 28.0 Å². The van der Waals surface area contributed by atoms with E-state index >= 15 is 0 Å². The molecule has 35 heavy (non-hydrogen) atoms. The van der Waals surface area contributed by atoms with Gasteiger partial charge < -0.3 is 9.84 Å². The standard InChI is InChI=1S/C25H24N2O7S/c28-23(26-34-24-6-1-2-15-33-24)12-7-18-13-14-27(17-18)35(31,32)22-5-3-4-21(16-22)19-8-10-20(11-9-19)25(29)30/h3-5,7-14,16-17,24H,1-2,6,15H2,(H,26,28)(H,29,30)/b12-7+. The Kier molecular flexibility index (Phi) is 7.45. The lowest BCUT2D eigenvalue weighted by atomic mass is 10.0. The van der Waals surface area contributed by atoms with Crippen LogP contribution in [0.15, 0.2) is 78.0 Å². The third kappa shape index (κ3) is 6.04. The van der Waals surface area contributed by atoms with E-state index < -0.39 is 28.2 Å². The summed E-state index contributed by atoms with van der Waals surface area (Å²) in [5.74, 6) is -1.52. The Morgan fingerprint density at radius 1 is 1.09 bits per heavy atom. The average Bonchev–Trinajstić information content (AvgIpc) is 3.37. The Labute approximate surface area is 202 Å². The maximum Gasteiger partial charge on any atom is 0.335 e. The SMILES string of the molecule is O=C(/C=C/c1ccn(S(=O)(=O)c2cccc(-c3ccc(C(=O)O)cc3)c2)c1)NOC1CCCCO1. The summed E-state index contributed by atoms with van der Waals surface area (Å²) in [5.41, 5.74) is 4.29. The summed E-state index contributed by atoms with van der Waals surface area (Å²) >= 11 is 0. The van der Waals surface area contributed by atoms with Crippen LogP contribution in [0.25, 0.3) is 17.2 Å². The molecule has 10 heteroatoms. The number of amides is 1. The van der Waals surface area contributed by atoms with Gasteiger partial charge in [0, 0.05) is 31.5 Å². The molecule has 9 nitrogen and oxygen atoms in total. The Morgan fingerprint density at radius 3 is 2.60 bits per heavy atom. The molecular formula is C25H24N2O7S. The molecule has 1 aliphatic rings. The van der Waals surface area contributed by atoms with E-state index in [0.717, 1.165) is 16.8 Å². The maximum atomic E-state index is 13.1. The van der Waals surface area contributed by atoms with E-state index in [1.807, 2.05) is 0 Å². The van der Waals surface area contributed by atoms with Gasteiger partial charge >= 0.3 is 5.97 Å². The smallest absolute Gasteiger partial charge is 0.335 e. The molecule has 0 radical (unpaired) electrons. The molecule has 1 saturated heterocycles. The fraction of sp³-hybridized carbons (Fsp3) is 0.200. The number of carboxylic acid groups (broad SMARTS) is 1. The molecule has 3 aromatic rings. The number of carboxylic acids is 1. The number of hydrogen-bond donors (Lipinski definition) is 2. The number of aromatic carboxylic acids is 1. The van der Waals surface area contributed by atoms with E-state index in [9.17, 15) is 18.0 Å². The third-order valence-electron chi connectivity index (χ3n) is 5.42. The van der Waals surface area contributed by atoms with Gasteiger partial charge in [-0.25, -0.2) is 27.5 Å². The van der Waals surface area contributed by atoms with E-state index in [4.69, 9.17) is 14.7 Å². The molecule has 1 aromatic heterocycles. The van der Waals surface area contributed by atoms with Crippen LogP contribution in [0.4, 0.5) is 0 Å². The molecule has 1 unspecified atom stereocenters. The molecule has 0 saturated carbocycles. The molecule has 0 bridgehead atoms. The zero-order chi connectivity index (χ0) is 24.8. The van der Waals surface area contributed by atoms with Crippen LogP contribution >= 0.6 is 0 Å². The third-order valence-corrected chi connectivity index (χ3v) is 7.05. The Bertz CT molecular complexity index is 1340. The van der Waals surface area contributed by atoms with Crippen molar-refractivity contribution in [2.45, 2.75) is 30.4 Å². The van der Waals surface area contributed by atoms with Crippen molar-refractivity contribution in [3.05, 3.63) is 84.2 Å². The molecule has 1 amide bonds. The number of nitrogens with one attached hydrogen (secondary N) is 1. The monoisotopic (exact) mass is 496 g/mol. The predicted molar refractivity (Wildman–Crippen MR) is 128 cm³/mol. The van der Waals surface area contributed by atoms with Crippen molar-refractivity contribution in [2.75, 3.05) is 6.61 Å². The van der Waals surface area contributed by atoms with Crippen LogP contribution in [-0.2, 0) is 24.4 Å². The van der Waals surface area contributed by atoms with E-state index in [0.29, 0.717) is 29.7 Å². The highest BCUT2D eigenvalue weighted by molar-refractivity contribution is 7.90. The number of hydroxylamine groups is 1. The number of nitrogens with zero attached hydrogens (tertiary/aromatic N) is 1. The Morgan fingerprint density at radius 2 is 1.89 bits per heavy atom. The number of rotatable bonds is 8. The highest BCUT2D eigenvalue weighted by atomic mass is 32.2. The molecule has 4 rings (SSSR count). The highest BCUT2D eigenvalue weighted by Gasteiger charge is 2.18. The second kappa shape index (κ2) is 10.7. The van der Waals surface area contributed by atoms with Gasteiger partial charge in [-0.05, 0) is 65.9 Å². The largest absolute Gasteiger partial charge is 0.478 e. The first-order valence-electron chi connectivity index (χ1n) is 11.0. The summed E-state index contributed by atoms with van der Waals surface area (Å²) in [7, 11) is -3.89. The normalized spacial score (nSPS) is 16.3. The van der Waals surface area contributed by atoms with Crippen molar-refractivity contribution in [2.24, 2.45) is 0 Å². The summed E-state index contributed by atoms with van der Waals surface area (Å²) in [4.78, 5) is 28.3. The number of carbonyl (C=O) groups is 2. The van der Waals surface area contributed by atoms with Crippen LogP contribution < -0.4 is 5.48 Å². The van der Waals surface area contributed by atoms with Crippen LogP contribution in [-0.4, -0.2) is 42.3 Å². The summed E-state index contributed by atoms with van der Waals surface area (Å²) in [6, 6.07) is 14.1. The second-order valence-corrected chi connectivity index (χ2v) is 9.75. The van der Waals surface area contributed by atoms with Crippen LogP contribution in [0.3, 0.4) is 0 Å².